The van der Waals surface area contributed by atoms with Gasteiger partial charge in [-0.3, -0.25) is 4.79 Å². The fourth-order valence-corrected chi connectivity index (χ4v) is 8.36. The number of aromatic nitrogens is 2. The van der Waals surface area contributed by atoms with E-state index in [-0.39, 0.29) is 46.9 Å². The van der Waals surface area contributed by atoms with Gasteiger partial charge in [-0.25, -0.2) is 23.5 Å². The van der Waals surface area contributed by atoms with Crippen molar-refractivity contribution >= 4 is 80.1 Å². The number of carbonyl (C=O) groups excluding carboxylic acids is 1. The number of carboxylic acids is 1. The lowest BCUT2D eigenvalue weighted by atomic mass is 9.99. The first kappa shape index (κ1) is 51.5. The van der Waals surface area contributed by atoms with Gasteiger partial charge in [0.15, 0.2) is 0 Å². The van der Waals surface area contributed by atoms with E-state index in [2.05, 4.69) is 20.6 Å². The van der Waals surface area contributed by atoms with Gasteiger partial charge in [0.2, 0.25) is 0 Å². The molecule has 7 N–H and O–H groups in total. The van der Waals surface area contributed by atoms with Crippen molar-refractivity contribution in [2.75, 3.05) is 19.8 Å². The zero-order valence-electron chi connectivity index (χ0n) is 36.2. The number of nitrogens with two attached hydrogens (primary N) is 1. The van der Waals surface area contributed by atoms with Crippen molar-refractivity contribution in [3.05, 3.63) is 140 Å². The van der Waals surface area contributed by atoms with E-state index in [1.54, 1.807) is 54.6 Å². The summed E-state index contributed by atoms with van der Waals surface area (Å²) < 4.78 is 37.4. The number of nitrogens with one attached hydrogen (secondary N) is 2. The highest BCUT2D eigenvalue weighted by Gasteiger charge is 2.27. The summed E-state index contributed by atoms with van der Waals surface area (Å²) in [6.45, 7) is 0.524. The minimum Gasteiger partial charge on any atom is -0.491 e. The molecule has 0 bridgehead atoms. The third-order valence-corrected chi connectivity index (χ3v) is 12.4. The number of rotatable bonds is 15. The summed E-state index contributed by atoms with van der Waals surface area (Å²) in [5, 5.41) is 38.2. The number of nitrogens with zero attached hydrogens (tertiary/aromatic N) is 2. The molecular weight excluding hydrogens is 950 g/mol. The van der Waals surface area contributed by atoms with Gasteiger partial charge in [-0.1, -0.05) is 58.5 Å². The Balaban J connectivity index is 0.000000184. The molecule has 6 atom stereocenters. The second-order valence-corrected chi connectivity index (χ2v) is 18.2. The molecule has 2 aromatic heterocycles. The number of ether oxygens (including phenoxy) is 2. The summed E-state index contributed by atoms with van der Waals surface area (Å²) in [6, 6.07) is 26.1. The molecule has 1 amide bonds. The molecule has 2 fully saturated rings. The first-order valence-corrected chi connectivity index (χ1v) is 23.3. The van der Waals surface area contributed by atoms with Crippen molar-refractivity contribution in [2.24, 2.45) is 11.7 Å². The molecule has 12 nitrogen and oxygen atoms in total. The Morgan fingerprint density at radius 1 is 0.687 bits per heavy atom. The van der Waals surface area contributed by atoms with Crippen molar-refractivity contribution in [3.63, 3.8) is 0 Å². The van der Waals surface area contributed by atoms with Crippen LogP contribution in [0.4, 0.5) is 8.78 Å². The highest BCUT2D eigenvalue weighted by Crippen LogP contribution is 2.29. The van der Waals surface area contributed by atoms with Crippen LogP contribution in [0.1, 0.15) is 72.3 Å². The minimum absolute atomic E-state index is 0.0220. The molecule has 0 saturated heterocycles. The van der Waals surface area contributed by atoms with E-state index < -0.39 is 29.8 Å². The number of halogens is 6. The van der Waals surface area contributed by atoms with Crippen molar-refractivity contribution in [2.45, 2.75) is 81.7 Å². The SMILES string of the molecule is N[C@H]1CC[C@@H](CCC(O)COc2ccc(Cl)c(F)c2)C1.O=C(N[C@H]1CC[C@@H](NCC(O)COc2ccc(Cl)c(F)c2)C1)c1ccc2cc(Cl)ccc2n1.O=C(O)c1ccc2cc(Cl)ccc2n1. The van der Waals surface area contributed by atoms with Gasteiger partial charge in [-0.15, -0.1) is 0 Å². The molecule has 6 aromatic rings. The standard InChI is InChI=1S/C24H24Cl2FN3O3.C15H21ClFNO2.C10H6ClNO2/c25-15-2-8-22-14(9-15)1-7-23(30-22)24(32)29-17-4-3-16(10-17)28-12-18(31)13-33-19-5-6-20(26)21(27)11-19;16-14-6-5-13(8-15(14)17)20-9-12(19)4-2-10-1-3-11(18)7-10;11-7-2-4-8-6(5-7)1-3-9(12-8)10(13)14/h1-2,5-9,11,16-18,28,31H,3-4,10,12-13H2,(H,29,32);5-6,8,10-12,19H,1-4,7,9,18H2;1-5H,(H,13,14)/t16-,17+,18?;10-,11-,12?;/m10./s1. The molecular formula is C49H51Cl4F2N5O7. The van der Waals surface area contributed by atoms with Gasteiger partial charge in [0.05, 0.1) is 27.2 Å². The Morgan fingerprint density at radius 2 is 1.24 bits per heavy atom. The fraction of sp³-hybridized carbons (Fsp3) is 0.347. The van der Waals surface area contributed by atoms with E-state index in [0.29, 0.717) is 57.7 Å². The third kappa shape index (κ3) is 16.1. The highest BCUT2D eigenvalue weighted by molar-refractivity contribution is 6.32. The summed E-state index contributed by atoms with van der Waals surface area (Å²) in [5.41, 5.74) is 7.62. The van der Waals surface area contributed by atoms with Crippen molar-refractivity contribution in [1.82, 2.24) is 20.6 Å². The molecule has 2 aliphatic carbocycles. The summed E-state index contributed by atoms with van der Waals surface area (Å²) in [6.07, 6.45) is 6.12. The van der Waals surface area contributed by atoms with E-state index >= 15 is 0 Å². The molecule has 2 unspecified atom stereocenters. The quantitative estimate of drug-likeness (QED) is 0.0575. The second-order valence-electron chi connectivity index (χ2n) is 16.6. The van der Waals surface area contributed by atoms with Gasteiger partial charge < -0.3 is 41.2 Å². The maximum absolute atomic E-state index is 13.4. The van der Waals surface area contributed by atoms with Gasteiger partial charge in [0.1, 0.15) is 53.8 Å². The summed E-state index contributed by atoms with van der Waals surface area (Å²) >= 11 is 23.0. The number of carboxylic acid groups (broad SMARTS) is 1. The predicted molar refractivity (Wildman–Crippen MR) is 258 cm³/mol. The number of aliphatic hydroxyl groups excluding tert-OH is 2. The molecule has 0 radical (unpaired) electrons. The first-order chi connectivity index (χ1) is 32.1. The highest BCUT2D eigenvalue weighted by atomic mass is 35.5. The van der Waals surface area contributed by atoms with Gasteiger partial charge in [-0.05, 0) is 130 Å². The lowest BCUT2D eigenvalue weighted by molar-refractivity contribution is 0.0690. The fourth-order valence-electron chi connectivity index (χ4n) is 7.76. The topological polar surface area (TPSA) is 189 Å². The van der Waals surface area contributed by atoms with E-state index in [9.17, 15) is 28.6 Å². The van der Waals surface area contributed by atoms with Crippen LogP contribution in [0.5, 0.6) is 11.5 Å². The normalized spacial score (nSPS) is 18.6. The maximum Gasteiger partial charge on any atom is 0.354 e. The third-order valence-electron chi connectivity index (χ3n) is 11.3. The van der Waals surface area contributed by atoms with Crippen LogP contribution in [-0.4, -0.2) is 87.3 Å². The van der Waals surface area contributed by atoms with Crippen LogP contribution in [0, 0.1) is 17.6 Å². The van der Waals surface area contributed by atoms with Crippen LogP contribution in [0.25, 0.3) is 21.8 Å². The second kappa shape index (κ2) is 24.9. The van der Waals surface area contributed by atoms with E-state index in [1.165, 1.54) is 30.3 Å². The molecule has 0 spiro atoms. The van der Waals surface area contributed by atoms with Crippen LogP contribution in [0.3, 0.4) is 0 Å². The van der Waals surface area contributed by atoms with Crippen LogP contribution in [0.2, 0.25) is 20.1 Å². The molecule has 8 rings (SSSR count). The molecule has 67 heavy (non-hydrogen) atoms. The van der Waals surface area contributed by atoms with E-state index in [4.69, 9.17) is 66.7 Å². The summed E-state index contributed by atoms with van der Waals surface area (Å²) in [7, 11) is 0. The zero-order valence-corrected chi connectivity index (χ0v) is 39.2. The average molecular weight is 1000 g/mol. The first-order valence-electron chi connectivity index (χ1n) is 21.8. The Hall–Kier alpha value is -4.90. The number of pyridine rings is 2. The number of amides is 1. The lowest BCUT2D eigenvalue weighted by Crippen LogP contribution is -2.39. The Labute approximate surface area is 406 Å². The summed E-state index contributed by atoms with van der Waals surface area (Å²) in [4.78, 5) is 31.6. The summed E-state index contributed by atoms with van der Waals surface area (Å²) in [5.74, 6) is -1.00. The van der Waals surface area contributed by atoms with Gasteiger partial charge >= 0.3 is 5.97 Å². The number of aliphatic hydroxyl groups is 2. The van der Waals surface area contributed by atoms with Crippen LogP contribution >= 0.6 is 46.4 Å². The van der Waals surface area contributed by atoms with Gasteiger partial charge in [0, 0.05) is 57.6 Å². The number of fused-ring (bicyclic) bond motifs is 2. The molecule has 2 heterocycles. The van der Waals surface area contributed by atoms with Crippen LogP contribution < -0.4 is 25.8 Å². The molecule has 356 valence electrons. The molecule has 2 aliphatic rings. The number of hydrogen-bond acceptors (Lipinski definition) is 10. The molecule has 0 aliphatic heterocycles. The number of aromatic carboxylic acids is 1. The van der Waals surface area contributed by atoms with E-state index in [0.717, 1.165) is 61.2 Å². The van der Waals surface area contributed by atoms with Gasteiger partial charge in [0.25, 0.3) is 5.91 Å². The Morgan fingerprint density at radius 3 is 1.79 bits per heavy atom. The molecule has 4 aromatic carbocycles. The number of benzene rings is 4. The lowest BCUT2D eigenvalue weighted by Gasteiger charge is -2.18. The molecule has 18 heteroatoms. The Kier molecular flexibility index (Phi) is 19.2. The smallest absolute Gasteiger partial charge is 0.354 e. The number of carbonyl (C=O) groups is 2. The van der Waals surface area contributed by atoms with Crippen molar-refractivity contribution < 1.29 is 43.2 Å². The minimum atomic E-state index is -1.03. The van der Waals surface area contributed by atoms with E-state index in [1.807, 2.05) is 12.1 Å². The monoisotopic (exact) mass is 999 g/mol. The van der Waals surface area contributed by atoms with Crippen LogP contribution in [-0.2, 0) is 0 Å². The van der Waals surface area contributed by atoms with Crippen molar-refractivity contribution in [3.8, 4) is 11.5 Å². The predicted octanol–water partition coefficient (Wildman–Crippen LogP) is 10.1. The number of hydrogen-bond donors (Lipinski definition) is 6. The largest absolute Gasteiger partial charge is 0.491 e. The van der Waals surface area contributed by atoms with Crippen molar-refractivity contribution in [1.29, 1.82) is 0 Å². The van der Waals surface area contributed by atoms with Crippen LogP contribution in [0.15, 0.2) is 97.1 Å². The zero-order chi connectivity index (χ0) is 48.0. The average Bonchev–Trinajstić information content (AvgIpc) is 3.96. The van der Waals surface area contributed by atoms with Gasteiger partial charge in [-0.2, -0.15) is 0 Å². The maximum atomic E-state index is 13.4. The molecule has 2 saturated carbocycles. The Bertz CT molecular complexity index is 2630.